The van der Waals surface area contributed by atoms with Crippen LogP contribution in [-0.4, -0.2) is 27.9 Å². The number of pyridine rings is 1. The lowest BCUT2D eigenvalue weighted by Gasteiger charge is -2.25. The quantitative estimate of drug-likeness (QED) is 0.933. The average molecular weight is 270 g/mol. The first-order chi connectivity index (χ1) is 9.49. The summed E-state index contributed by atoms with van der Waals surface area (Å²) >= 11 is 0. The van der Waals surface area contributed by atoms with E-state index in [2.05, 4.69) is 4.98 Å². The fourth-order valence-corrected chi connectivity index (χ4v) is 2.03. The lowest BCUT2D eigenvalue weighted by Crippen LogP contribution is -2.29. The molecule has 1 heterocycles. The second-order valence-electron chi connectivity index (χ2n) is 4.87. The van der Waals surface area contributed by atoms with Gasteiger partial charge >= 0.3 is 0 Å². The molecule has 0 saturated carbocycles. The maximum Gasteiger partial charge on any atom is 0.254 e. The standard InChI is InChI=1S/C16H18N2O2/c1-11-10-14(8-9-17-11)16(20)18(3)12(2)13-4-6-15(19)7-5-13/h4-10,12,19H,1-3H3. The number of hydrogen-bond acceptors (Lipinski definition) is 3. The SMILES string of the molecule is Cc1cc(C(=O)N(C)C(C)c2ccc(O)cc2)ccn1. The van der Waals surface area contributed by atoms with Crippen LogP contribution in [0.25, 0.3) is 0 Å². The molecule has 1 aromatic heterocycles. The van der Waals surface area contributed by atoms with Gasteiger partial charge in [-0.2, -0.15) is 0 Å². The molecule has 0 bridgehead atoms. The van der Waals surface area contributed by atoms with Crippen LogP contribution in [0.4, 0.5) is 0 Å². The zero-order chi connectivity index (χ0) is 14.7. The molecular formula is C16H18N2O2. The number of aryl methyl sites for hydroxylation is 1. The van der Waals surface area contributed by atoms with Crippen LogP contribution in [0.5, 0.6) is 5.75 Å². The average Bonchev–Trinajstić information content (AvgIpc) is 2.46. The first-order valence-electron chi connectivity index (χ1n) is 6.48. The Balaban J connectivity index is 2.20. The Morgan fingerprint density at radius 2 is 1.90 bits per heavy atom. The number of hydrogen-bond donors (Lipinski definition) is 1. The molecule has 0 radical (unpaired) electrons. The molecule has 1 N–H and O–H groups in total. The van der Waals surface area contributed by atoms with Crippen molar-refractivity contribution in [2.75, 3.05) is 7.05 Å². The van der Waals surface area contributed by atoms with E-state index < -0.39 is 0 Å². The second-order valence-corrected chi connectivity index (χ2v) is 4.87. The number of rotatable bonds is 3. The van der Waals surface area contributed by atoms with Gasteiger partial charge in [-0.25, -0.2) is 0 Å². The summed E-state index contributed by atoms with van der Waals surface area (Å²) in [5.74, 6) is 0.177. The topological polar surface area (TPSA) is 53.4 Å². The van der Waals surface area contributed by atoms with E-state index in [1.54, 1.807) is 42.4 Å². The van der Waals surface area contributed by atoms with Gasteiger partial charge in [0.1, 0.15) is 5.75 Å². The maximum absolute atomic E-state index is 12.4. The maximum atomic E-state index is 12.4. The molecule has 1 unspecified atom stereocenters. The number of phenols is 1. The summed E-state index contributed by atoms with van der Waals surface area (Å²) < 4.78 is 0. The van der Waals surface area contributed by atoms with Crippen molar-refractivity contribution in [3.05, 3.63) is 59.4 Å². The van der Waals surface area contributed by atoms with Gasteiger partial charge in [-0.1, -0.05) is 12.1 Å². The number of carbonyl (C=O) groups is 1. The molecule has 4 heteroatoms. The van der Waals surface area contributed by atoms with Gasteiger partial charge in [0.2, 0.25) is 0 Å². The summed E-state index contributed by atoms with van der Waals surface area (Å²) in [7, 11) is 1.77. The Morgan fingerprint density at radius 1 is 1.25 bits per heavy atom. The Morgan fingerprint density at radius 3 is 2.50 bits per heavy atom. The molecule has 1 aromatic carbocycles. The van der Waals surface area contributed by atoms with Gasteiger partial charge in [-0.15, -0.1) is 0 Å². The Bertz CT molecular complexity index is 608. The van der Waals surface area contributed by atoms with Crippen molar-refractivity contribution in [2.24, 2.45) is 0 Å². The highest BCUT2D eigenvalue weighted by Gasteiger charge is 2.19. The number of aromatic hydroxyl groups is 1. The highest BCUT2D eigenvalue weighted by molar-refractivity contribution is 5.94. The van der Waals surface area contributed by atoms with Crippen LogP contribution in [0.2, 0.25) is 0 Å². The number of nitrogens with zero attached hydrogens (tertiary/aromatic N) is 2. The second kappa shape index (κ2) is 5.74. The van der Waals surface area contributed by atoms with Gasteiger partial charge in [-0.05, 0) is 43.7 Å². The molecule has 0 saturated heterocycles. The molecule has 0 fully saturated rings. The van der Waals surface area contributed by atoms with Crippen LogP contribution in [0.3, 0.4) is 0 Å². The van der Waals surface area contributed by atoms with E-state index in [9.17, 15) is 9.90 Å². The van der Waals surface area contributed by atoms with E-state index in [1.807, 2.05) is 26.0 Å². The summed E-state index contributed by atoms with van der Waals surface area (Å²) in [4.78, 5) is 18.2. The van der Waals surface area contributed by atoms with E-state index in [-0.39, 0.29) is 17.7 Å². The molecule has 2 rings (SSSR count). The predicted molar refractivity (Wildman–Crippen MR) is 77.6 cm³/mol. The molecule has 104 valence electrons. The third-order valence-electron chi connectivity index (χ3n) is 3.42. The number of amides is 1. The highest BCUT2D eigenvalue weighted by Crippen LogP contribution is 2.22. The third-order valence-corrected chi connectivity index (χ3v) is 3.42. The van der Waals surface area contributed by atoms with Gasteiger partial charge in [0, 0.05) is 24.5 Å². The van der Waals surface area contributed by atoms with Crippen LogP contribution in [0.15, 0.2) is 42.6 Å². The zero-order valence-corrected chi connectivity index (χ0v) is 11.9. The number of phenolic OH excluding ortho intramolecular Hbond substituents is 1. The molecule has 2 aromatic rings. The molecule has 0 aliphatic carbocycles. The molecule has 0 aliphatic heterocycles. The van der Waals surface area contributed by atoms with E-state index >= 15 is 0 Å². The molecule has 0 aliphatic rings. The summed E-state index contributed by atoms with van der Waals surface area (Å²) in [6, 6.07) is 10.3. The van der Waals surface area contributed by atoms with Crippen LogP contribution < -0.4 is 0 Å². The minimum absolute atomic E-state index is 0.0453. The number of benzene rings is 1. The minimum atomic E-state index is -0.0726. The normalized spacial score (nSPS) is 11.9. The molecule has 20 heavy (non-hydrogen) atoms. The fraction of sp³-hybridized carbons (Fsp3) is 0.250. The summed E-state index contributed by atoms with van der Waals surface area (Å²) in [6.07, 6.45) is 1.64. The molecule has 4 nitrogen and oxygen atoms in total. The van der Waals surface area contributed by atoms with Crippen molar-refractivity contribution in [3.8, 4) is 5.75 Å². The van der Waals surface area contributed by atoms with Crippen LogP contribution >= 0.6 is 0 Å². The van der Waals surface area contributed by atoms with Crippen LogP contribution in [0.1, 0.15) is 34.6 Å². The number of carbonyl (C=O) groups excluding carboxylic acids is 1. The monoisotopic (exact) mass is 270 g/mol. The van der Waals surface area contributed by atoms with Crippen molar-refractivity contribution in [1.82, 2.24) is 9.88 Å². The number of aromatic nitrogens is 1. The molecular weight excluding hydrogens is 252 g/mol. The van der Waals surface area contributed by atoms with Crippen molar-refractivity contribution in [2.45, 2.75) is 19.9 Å². The Hall–Kier alpha value is -2.36. The van der Waals surface area contributed by atoms with Crippen molar-refractivity contribution >= 4 is 5.91 Å². The van der Waals surface area contributed by atoms with Gasteiger partial charge < -0.3 is 10.0 Å². The summed E-state index contributed by atoms with van der Waals surface area (Å²) in [6.45, 7) is 3.82. The predicted octanol–water partition coefficient (Wildman–Crippen LogP) is 2.93. The van der Waals surface area contributed by atoms with Gasteiger partial charge in [0.15, 0.2) is 0 Å². The third kappa shape index (κ3) is 2.96. The highest BCUT2D eigenvalue weighted by atomic mass is 16.3. The van der Waals surface area contributed by atoms with E-state index in [0.29, 0.717) is 5.56 Å². The van der Waals surface area contributed by atoms with Crippen molar-refractivity contribution in [3.63, 3.8) is 0 Å². The summed E-state index contributed by atoms with van der Waals surface area (Å²) in [5, 5.41) is 9.31. The molecule has 1 amide bonds. The van der Waals surface area contributed by atoms with E-state index in [1.165, 1.54) is 0 Å². The Labute approximate surface area is 118 Å². The first kappa shape index (κ1) is 14.1. The Kier molecular flexibility index (Phi) is 4.03. The van der Waals surface area contributed by atoms with Crippen LogP contribution in [-0.2, 0) is 0 Å². The first-order valence-corrected chi connectivity index (χ1v) is 6.48. The molecule has 0 spiro atoms. The summed E-state index contributed by atoms with van der Waals surface area (Å²) in [5.41, 5.74) is 2.43. The largest absolute Gasteiger partial charge is 0.508 e. The van der Waals surface area contributed by atoms with Crippen molar-refractivity contribution in [1.29, 1.82) is 0 Å². The van der Waals surface area contributed by atoms with E-state index in [0.717, 1.165) is 11.3 Å². The van der Waals surface area contributed by atoms with E-state index in [4.69, 9.17) is 0 Å². The smallest absolute Gasteiger partial charge is 0.254 e. The minimum Gasteiger partial charge on any atom is -0.508 e. The van der Waals surface area contributed by atoms with Crippen molar-refractivity contribution < 1.29 is 9.90 Å². The lowest BCUT2D eigenvalue weighted by molar-refractivity contribution is 0.0742. The lowest BCUT2D eigenvalue weighted by atomic mass is 10.1. The van der Waals surface area contributed by atoms with Gasteiger partial charge in [-0.3, -0.25) is 9.78 Å². The molecule has 1 atom stereocenters. The zero-order valence-electron chi connectivity index (χ0n) is 11.9. The van der Waals surface area contributed by atoms with Gasteiger partial charge in [0.25, 0.3) is 5.91 Å². The van der Waals surface area contributed by atoms with Crippen LogP contribution in [0, 0.1) is 6.92 Å². The van der Waals surface area contributed by atoms with Gasteiger partial charge in [0.05, 0.1) is 6.04 Å². The fourth-order valence-electron chi connectivity index (χ4n) is 2.03.